The maximum absolute atomic E-state index is 11.0. The molecule has 24 heavy (non-hydrogen) atoms. The average Bonchev–Trinajstić information content (AvgIpc) is 2.98. The van der Waals surface area contributed by atoms with Gasteiger partial charge in [-0.2, -0.15) is 0 Å². The Labute approximate surface area is 146 Å². The van der Waals surface area contributed by atoms with E-state index in [-0.39, 0.29) is 10.5 Å². The number of unbranched alkanes of at least 4 members (excludes halogenated alkanes) is 2. The van der Waals surface area contributed by atoms with Crippen molar-refractivity contribution in [3.05, 3.63) is 29.6 Å². The van der Waals surface area contributed by atoms with Gasteiger partial charge in [-0.1, -0.05) is 26.2 Å². The number of hydrogen-bond donors (Lipinski definition) is 3. The van der Waals surface area contributed by atoms with E-state index in [2.05, 4.69) is 35.1 Å². The summed E-state index contributed by atoms with van der Waals surface area (Å²) in [6, 6.07) is 8.54. The summed E-state index contributed by atoms with van der Waals surface area (Å²) < 4.78 is 1.42. The second-order valence-corrected chi connectivity index (χ2v) is 8.83. The van der Waals surface area contributed by atoms with Gasteiger partial charge in [-0.25, -0.2) is 4.79 Å². The number of nitrogens with one attached hydrogen (secondary N) is 2. The molecule has 1 aromatic heterocycles. The number of hydrogen-bond acceptors (Lipinski definition) is 2. The number of rotatable bonds is 6. The molecule has 0 saturated carbocycles. The zero-order valence-corrected chi connectivity index (χ0v) is 15.2. The van der Waals surface area contributed by atoms with Crippen LogP contribution in [0.3, 0.4) is 0 Å². The highest BCUT2D eigenvalue weighted by Gasteiger charge is 2.30. The number of amides is 2. The van der Waals surface area contributed by atoms with Gasteiger partial charge in [-0.3, -0.25) is 0 Å². The van der Waals surface area contributed by atoms with Crippen LogP contribution in [0.5, 0.6) is 0 Å². The third-order valence-corrected chi connectivity index (χ3v) is 7.34. The molecule has 1 aliphatic heterocycles. The van der Waals surface area contributed by atoms with Crippen molar-refractivity contribution in [2.45, 2.75) is 56.7 Å². The number of anilines is 1. The Hall–Kier alpha value is -1.59. The molecular formula is C19H28N3OS+. The smallest absolute Gasteiger partial charge is 0.316 e. The number of thiophene rings is 1. The molecular weight excluding hydrogens is 318 g/mol. The number of benzene rings is 1. The lowest BCUT2D eigenvalue weighted by atomic mass is 9.99. The van der Waals surface area contributed by atoms with E-state index in [1.165, 1.54) is 48.6 Å². The average molecular weight is 347 g/mol. The Bertz CT molecular complexity index is 697. The molecule has 1 saturated heterocycles. The van der Waals surface area contributed by atoms with Gasteiger partial charge in [0.05, 0.1) is 0 Å². The van der Waals surface area contributed by atoms with Crippen LogP contribution < -0.4 is 16.4 Å². The van der Waals surface area contributed by atoms with Gasteiger partial charge in [0.25, 0.3) is 0 Å². The van der Waals surface area contributed by atoms with Crippen LogP contribution in [0.25, 0.3) is 10.1 Å². The van der Waals surface area contributed by atoms with Crippen molar-refractivity contribution >= 4 is 32.3 Å². The summed E-state index contributed by atoms with van der Waals surface area (Å²) in [5.41, 5.74) is 5.98. The molecule has 0 radical (unpaired) electrons. The molecule has 0 bridgehead atoms. The lowest BCUT2D eigenvalue weighted by Gasteiger charge is -2.26. The van der Waals surface area contributed by atoms with Crippen molar-refractivity contribution in [1.29, 1.82) is 0 Å². The van der Waals surface area contributed by atoms with E-state index < -0.39 is 6.03 Å². The summed E-state index contributed by atoms with van der Waals surface area (Å²) in [4.78, 5) is 11.0. The summed E-state index contributed by atoms with van der Waals surface area (Å²) in [6.07, 6.45) is 7.80. The lowest BCUT2D eigenvalue weighted by molar-refractivity contribution is 0.259. The van der Waals surface area contributed by atoms with Crippen LogP contribution >= 0.6 is 10.5 Å². The van der Waals surface area contributed by atoms with Gasteiger partial charge < -0.3 is 16.4 Å². The summed E-state index contributed by atoms with van der Waals surface area (Å²) in [6.45, 7) is 3.40. The van der Waals surface area contributed by atoms with Gasteiger partial charge in [0, 0.05) is 48.6 Å². The van der Waals surface area contributed by atoms with Crippen LogP contribution in [-0.2, 0) is 0 Å². The molecule has 2 amide bonds. The first-order valence-corrected chi connectivity index (χ1v) is 10.4. The van der Waals surface area contributed by atoms with Crippen molar-refractivity contribution < 1.29 is 4.79 Å². The van der Waals surface area contributed by atoms with E-state index in [9.17, 15) is 4.79 Å². The summed E-state index contributed by atoms with van der Waals surface area (Å²) in [5, 5.41) is 10.7. The molecule has 5 heteroatoms. The topological polar surface area (TPSA) is 67.1 Å². The number of piperidine rings is 1. The minimum absolute atomic E-state index is 0.198. The third kappa shape index (κ3) is 4.08. The highest BCUT2D eigenvalue weighted by molar-refractivity contribution is 7.36. The number of primary amides is 1. The van der Waals surface area contributed by atoms with Crippen LogP contribution in [0.4, 0.5) is 10.5 Å². The van der Waals surface area contributed by atoms with E-state index in [4.69, 9.17) is 5.73 Å². The first kappa shape index (κ1) is 17.2. The molecule has 2 aromatic rings. The molecule has 3 unspecified atom stereocenters. The van der Waals surface area contributed by atoms with E-state index >= 15 is 0 Å². The summed E-state index contributed by atoms with van der Waals surface area (Å²) >= 11 is 0. The van der Waals surface area contributed by atoms with Crippen LogP contribution in [0.15, 0.2) is 29.6 Å². The molecule has 4 nitrogen and oxygen atoms in total. The van der Waals surface area contributed by atoms with Crippen molar-refractivity contribution in [2.24, 2.45) is 5.73 Å². The van der Waals surface area contributed by atoms with E-state index in [1.807, 2.05) is 12.1 Å². The number of carbonyl (C=O) groups is 1. The van der Waals surface area contributed by atoms with Gasteiger partial charge in [-0.05, 0) is 29.0 Å². The van der Waals surface area contributed by atoms with Crippen molar-refractivity contribution in [3.63, 3.8) is 0 Å². The largest absolute Gasteiger partial charge is 0.351 e. The first-order chi connectivity index (χ1) is 11.7. The maximum Gasteiger partial charge on any atom is 0.316 e. The van der Waals surface area contributed by atoms with Gasteiger partial charge in [0.1, 0.15) is 10.6 Å². The van der Waals surface area contributed by atoms with Crippen LogP contribution in [0.1, 0.15) is 50.7 Å². The minimum atomic E-state index is -0.510. The summed E-state index contributed by atoms with van der Waals surface area (Å²) in [7, 11) is 0.198. The van der Waals surface area contributed by atoms with Crippen molar-refractivity contribution in [3.8, 4) is 0 Å². The minimum Gasteiger partial charge on any atom is -0.351 e. The molecule has 0 spiro atoms. The number of urea groups is 1. The Morgan fingerprint density at radius 1 is 1.38 bits per heavy atom. The molecule has 1 fully saturated rings. The Kier molecular flexibility index (Phi) is 5.74. The van der Waals surface area contributed by atoms with E-state index in [0.29, 0.717) is 6.04 Å². The first-order valence-electron chi connectivity index (χ1n) is 9.01. The lowest BCUT2D eigenvalue weighted by Crippen LogP contribution is -2.36. The predicted octanol–water partition coefficient (Wildman–Crippen LogP) is 4.95. The molecule has 130 valence electrons. The molecule has 0 aliphatic carbocycles. The Balaban J connectivity index is 1.72. The highest BCUT2D eigenvalue weighted by Crippen LogP contribution is 2.46. The van der Waals surface area contributed by atoms with Crippen molar-refractivity contribution in [2.75, 3.05) is 11.9 Å². The Morgan fingerprint density at radius 3 is 3.04 bits per heavy atom. The summed E-state index contributed by atoms with van der Waals surface area (Å²) in [5.74, 6) is 0. The van der Waals surface area contributed by atoms with Gasteiger partial charge in [-0.15, -0.1) is 0 Å². The van der Waals surface area contributed by atoms with E-state index in [1.54, 1.807) is 0 Å². The third-order valence-electron chi connectivity index (χ3n) is 4.89. The molecule has 3 rings (SSSR count). The molecule has 4 N–H and O–H groups in total. The fourth-order valence-electron chi connectivity index (χ4n) is 3.68. The standard InChI is InChI=1S/C19H27N3OS/c1-2-3-4-5-15-13-17(8-10-21-15)24-11-9-14-12-16(22-19(20)23)6-7-18(14)24/h6-7,9,11-12,15,17,21H,2-5,8,10,13H2,1H3,(H2-,20,22,23)/p+1. The molecule has 1 aliphatic rings. The normalized spacial score (nSPS) is 21.8. The molecule has 1 aromatic carbocycles. The van der Waals surface area contributed by atoms with Crippen LogP contribution in [0, 0.1) is 0 Å². The van der Waals surface area contributed by atoms with Crippen molar-refractivity contribution in [1.82, 2.24) is 5.32 Å². The zero-order chi connectivity index (χ0) is 16.9. The maximum atomic E-state index is 11.0. The van der Waals surface area contributed by atoms with E-state index in [0.717, 1.165) is 17.5 Å². The molecule has 3 atom stereocenters. The van der Waals surface area contributed by atoms with Crippen LogP contribution in [0.2, 0.25) is 0 Å². The van der Waals surface area contributed by atoms with Crippen LogP contribution in [-0.4, -0.2) is 18.6 Å². The number of carbonyl (C=O) groups excluding carboxylic acids is 1. The zero-order valence-electron chi connectivity index (χ0n) is 14.4. The second-order valence-electron chi connectivity index (χ2n) is 6.71. The monoisotopic (exact) mass is 346 g/mol. The quantitative estimate of drug-likeness (QED) is 0.511. The van der Waals surface area contributed by atoms with Gasteiger partial charge in [0.15, 0.2) is 4.70 Å². The fourth-order valence-corrected chi connectivity index (χ4v) is 6.14. The SMILES string of the molecule is CCCCCC1CC([s+]2ccc3cc(NC(N)=O)ccc32)CCN1. The number of nitrogens with two attached hydrogens (primary N) is 1. The Morgan fingerprint density at radius 2 is 2.25 bits per heavy atom. The highest BCUT2D eigenvalue weighted by atomic mass is 32.2. The number of fused-ring (bicyclic) bond motifs is 1. The van der Waals surface area contributed by atoms with Gasteiger partial charge in [0.2, 0.25) is 0 Å². The van der Waals surface area contributed by atoms with Gasteiger partial charge >= 0.3 is 6.03 Å². The second kappa shape index (κ2) is 7.99. The predicted molar refractivity (Wildman–Crippen MR) is 104 cm³/mol. The fraction of sp³-hybridized carbons (Fsp3) is 0.526. The molecule has 2 heterocycles.